The second-order valence-corrected chi connectivity index (χ2v) is 4.98. The summed E-state index contributed by atoms with van der Waals surface area (Å²) in [5.74, 6) is -7.86. The number of halogens is 2. The van der Waals surface area contributed by atoms with Gasteiger partial charge in [-0.05, 0) is 20.8 Å². The van der Waals surface area contributed by atoms with E-state index in [-0.39, 0.29) is 0 Å². The van der Waals surface area contributed by atoms with Crippen LogP contribution in [0.5, 0.6) is 0 Å². The van der Waals surface area contributed by atoms with Crippen molar-refractivity contribution < 1.29 is 28.2 Å². The molecule has 0 spiro atoms. The molecule has 1 rings (SSSR count). The fourth-order valence-electron chi connectivity index (χ4n) is 1.49. The molecule has 1 fully saturated rings. The molecule has 7 heteroatoms. The third-order valence-corrected chi connectivity index (χ3v) is 2.33. The Morgan fingerprint density at radius 1 is 1.41 bits per heavy atom. The van der Waals surface area contributed by atoms with Gasteiger partial charge in [0.05, 0.1) is 5.92 Å². The third-order valence-electron chi connectivity index (χ3n) is 2.33. The Labute approximate surface area is 97.1 Å². The van der Waals surface area contributed by atoms with Crippen LogP contribution in [0.15, 0.2) is 0 Å². The van der Waals surface area contributed by atoms with E-state index >= 15 is 0 Å². The summed E-state index contributed by atoms with van der Waals surface area (Å²) in [7, 11) is 0. The summed E-state index contributed by atoms with van der Waals surface area (Å²) in [4.78, 5) is 21.6. The summed E-state index contributed by atoms with van der Waals surface area (Å²) >= 11 is 0. The molecule has 1 amide bonds. The van der Waals surface area contributed by atoms with Gasteiger partial charge in [0.2, 0.25) is 0 Å². The van der Waals surface area contributed by atoms with Gasteiger partial charge in [-0.1, -0.05) is 0 Å². The zero-order valence-electron chi connectivity index (χ0n) is 9.79. The van der Waals surface area contributed by atoms with Crippen LogP contribution in [0, 0.1) is 11.8 Å². The van der Waals surface area contributed by atoms with Crippen molar-refractivity contribution in [3.63, 3.8) is 0 Å². The van der Waals surface area contributed by atoms with Crippen LogP contribution >= 0.6 is 0 Å². The van der Waals surface area contributed by atoms with E-state index in [2.05, 4.69) is 5.32 Å². The minimum Gasteiger partial charge on any atom is -0.481 e. The van der Waals surface area contributed by atoms with Crippen molar-refractivity contribution in [3.05, 3.63) is 0 Å². The van der Waals surface area contributed by atoms with Gasteiger partial charge in [-0.25, -0.2) is 13.6 Å². The zero-order valence-corrected chi connectivity index (χ0v) is 9.79. The first kappa shape index (κ1) is 13.7. The number of carboxylic acid groups (broad SMARTS) is 1. The van der Waals surface area contributed by atoms with Gasteiger partial charge < -0.3 is 15.2 Å². The molecule has 2 atom stereocenters. The monoisotopic (exact) mass is 251 g/mol. The molecule has 0 radical (unpaired) electrons. The summed E-state index contributed by atoms with van der Waals surface area (Å²) in [6.45, 7) is 4.51. The Morgan fingerprint density at radius 3 is 2.29 bits per heavy atom. The molecule has 0 saturated heterocycles. The van der Waals surface area contributed by atoms with Crippen molar-refractivity contribution in [2.45, 2.75) is 32.3 Å². The van der Waals surface area contributed by atoms with E-state index in [4.69, 9.17) is 9.84 Å². The van der Waals surface area contributed by atoms with E-state index < -0.39 is 42.0 Å². The summed E-state index contributed by atoms with van der Waals surface area (Å²) in [5, 5.41) is 10.6. The molecule has 1 saturated carbocycles. The summed E-state index contributed by atoms with van der Waals surface area (Å²) in [6, 6.07) is 0. The Balaban J connectivity index is 2.39. The summed E-state index contributed by atoms with van der Waals surface area (Å²) in [5.41, 5.74) is -0.720. The third kappa shape index (κ3) is 3.28. The molecule has 2 N–H and O–H groups in total. The standard InChI is InChI=1S/C10H15F2NO4/c1-9(2,3)17-8(16)13-4-5-6(7(14)15)10(5,11)12/h5-6H,4H2,1-3H3,(H,13,16)(H,14,15)/t5-,6-/m0/s1. The molecule has 0 bridgehead atoms. The number of alkyl carbamates (subject to hydrolysis) is 1. The lowest BCUT2D eigenvalue weighted by molar-refractivity contribution is -0.140. The molecular weight excluding hydrogens is 236 g/mol. The van der Waals surface area contributed by atoms with Crippen molar-refractivity contribution in [2.24, 2.45) is 11.8 Å². The van der Waals surface area contributed by atoms with Gasteiger partial charge in [0.1, 0.15) is 11.5 Å². The van der Waals surface area contributed by atoms with E-state index in [1.807, 2.05) is 0 Å². The minimum absolute atomic E-state index is 0.404. The molecule has 0 aromatic rings. The normalized spacial score (nSPS) is 26.2. The number of carbonyl (C=O) groups is 2. The molecule has 17 heavy (non-hydrogen) atoms. The molecular formula is C10H15F2NO4. The Kier molecular flexibility index (Phi) is 3.31. The van der Waals surface area contributed by atoms with Crippen molar-refractivity contribution >= 4 is 12.1 Å². The van der Waals surface area contributed by atoms with Crippen molar-refractivity contribution in [2.75, 3.05) is 6.54 Å². The maximum atomic E-state index is 12.9. The van der Waals surface area contributed by atoms with Crippen LogP contribution in [-0.4, -0.2) is 35.2 Å². The van der Waals surface area contributed by atoms with Crippen molar-refractivity contribution in [3.8, 4) is 0 Å². The molecule has 0 aromatic carbocycles. The van der Waals surface area contributed by atoms with Gasteiger partial charge >= 0.3 is 12.1 Å². The number of hydrogen-bond donors (Lipinski definition) is 2. The highest BCUT2D eigenvalue weighted by atomic mass is 19.3. The van der Waals surface area contributed by atoms with Crippen molar-refractivity contribution in [1.82, 2.24) is 5.32 Å². The van der Waals surface area contributed by atoms with E-state index in [0.29, 0.717) is 0 Å². The van der Waals surface area contributed by atoms with Crippen LogP contribution in [-0.2, 0) is 9.53 Å². The first-order chi connectivity index (χ1) is 7.55. The van der Waals surface area contributed by atoms with E-state index in [1.165, 1.54) is 0 Å². The number of alkyl halides is 2. The van der Waals surface area contributed by atoms with Gasteiger partial charge in [0.25, 0.3) is 5.92 Å². The van der Waals surface area contributed by atoms with Gasteiger partial charge in [0.15, 0.2) is 0 Å². The average molecular weight is 251 g/mol. The predicted molar refractivity (Wildman–Crippen MR) is 53.8 cm³/mol. The zero-order chi connectivity index (χ0) is 13.4. The van der Waals surface area contributed by atoms with Crippen LogP contribution in [0.25, 0.3) is 0 Å². The Morgan fingerprint density at radius 2 is 1.94 bits per heavy atom. The maximum absolute atomic E-state index is 12.9. The Bertz CT molecular complexity index is 338. The fraction of sp³-hybridized carbons (Fsp3) is 0.800. The number of hydrogen-bond acceptors (Lipinski definition) is 3. The molecule has 1 aliphatic carbocycles. The van der Waals surface area contributed by atoms with Gasteiger partial charge in [-0.3, -0.25) is 4.79 Å². The second kappa shape index (κ2) is 4.12. The summed E-state index contributed by atoms with van der Waals surface area (Å²) in [6.07, 6.45) is -0.829. The minimum atomic E-state index is -3.25. The number of amides is 1. The number of carboxylic acids is 1. The average Bonchev–Trinajstić information content (AvgIpc) is 2.61. The molecule has 98 valence electrons. The number of aliphatic carboxylic acids is 1. The van der Waals surface area contributed by atoms with Crippen LogP contribution in [0.3, 0.4) is 0 Å². The van der Waals surface area contributed by atoms with E-state index in [1.54, 1.807) is 20.8 Å². The van der Waals surface area contributed by atoms with Gasteiger partial charge in [0, 0.05) is 6.54 Å². The van der Waals surface area contributed by atoms with Crippen LogP contribution < -0.4 is 5.32 Å². The molecule has 0 aliphatic heterocycles. The summed E-state index contributed by atoms with van der Waals surface area (Å²) < 4.78 is 30.7. The quantitative estimate of drug-likeness (QED) is 0.796. The van der Waals surface area contributed by atoms with E-state index in [9.17, 15) is 18.4 Å². The van der Waals surface area contributed by atoms with Crippen LogP contribution in [0.2, 0.25) is 0 Å². The van der Waals surface area contributed by atoms with E-state index in [0.717, 1.165) is 0 Å². The molecule has 1 aliphatic rings. The first-order valence-electron chi connectivity index (χ1n) is 5.13. The largest absolute Gasteiger partial charge is 0.481 e. The topological polar surface area (TPSA) is 75.6 Å². The van der Waals surface area contributed by atoms with Crippen LogP contribution in [0.1, 0.15) is 20.8 Å². The predicted octanol–water partition coefficient (Wildman–Crippen LogP) is 1.48. The number of nitrogens with one attached hydrogen (secondary N) is 1. The SMILES string of the molecule is CC(C)(C)OC(=O)NC[C@H]1[C@@H](C(=O)O)C1(F)F. The number of ether oxygens (including phenoxy) is 1. The second-order valence-electron chi connectivity index (χ2n) is 4.98. The van der Waals surface area contributed by atoms with Gasteiger partial charge in [-0.2, -0.15) is 0 Å². The van der Waals surface area contributed by atoms with Crippen LogP contribution in [0.4, 0.5) is 13.6 Å². The maximum Gasteiger partial charge on any atom is 0.407 e. The highest BCUT2D eigenvalue weighted by molar-refractivity contribution is 5.76. The first-order valence-corrected chi connectivity index (χ1v) is 5.13. The molecule has 0 unspecified atom stereocenters. The number of carbonyl (C=O) groups excluding carboxylic acids is 1. The van der Waals surface area contributed by atoms with Crippen molar-refractivity contribution in [1.29, 1.82) is 0 Å². The Hall–Kier alpha value is -1.40. The molecule has 5 nitrogen and oxygen atoms in total. The lowest BCUT2D eigenvalue weighted by atomic mass is 10.2. The smallest absolute Gasteiger partial charge is 0.407 e. The lowest BCUT2D eigenvalue weighted by Crippen LogP contribution is -2.34. The highest BCUT2D eigenvalue weighted by Gasteiger charge is 2.72. The lowest BCUT2D eigenvalue weighted by Gasteiger charge is -2.19. The highest BCUT2D eigenvalue weighted by Crippen LogP contribution is 2.54. The molecule has 0 aromatic heterocycles. The molecule has 0 heterocycles. The number of rotatable bonds is 3. The fourth-order valence-corrected chi connectivity index (χ4v) is 1.49. The van der Waals surface area contributed by atoms with Gasteiger partial charge in [-0.15, -0.1) is 0 Å².